The molecule has 10 heteroatoms. The summed E-state index contributed by atoms with van der Waals surface area (Å²) in [6, 6.07) is 11.1. The Balaban J connectivity index is 0.00000320. The highest BCUT2D eigenvalue weighted by Gasteiger charge is 2.66. The normalized spacial score (nSPS) is 23.1. The van der Waals surface area contributed by atoms with Crippen molar-refractivity contribution in [3.8, 4) is 0 Å². The summed E-state index contributed by atoms with van der Waals surface area (Å²) in [6.45, 7) is 6.70. The largest absolute Gasteiger partial charge is 0.507 e. The van der Waals surface area contributed by atoms with E-state index in [4.69, 9.17) is 4.74 Å². The van der Waals surface area contributed by atoms with E-state index in [1.54, 1.807) is 31.2 Å². The molecule has 2 fully saturated rings. The Morgan fingerprint density at radius 3 is 2.46 bits per heavy atom. The Bertz CT molecular complexity index is 1290. The van der Waals surface area contributed by atoms with E-state index >= 15 is 0 Å². The number of para-hydroxylation sites is 1. The highest BCUT2D eigenvalue weighted by atomic mass is 35.5. The Morgan fingerprint density at radius 1 is 1.08 bits per heavy atom. The molecule has 1 spiro atoms. The number of carbonyl (C=O) groups is 3. The minimum Gasteiger partial charge on any atom is -0.507 e. The number of ketones is 1. The van der Waals surface area contributed by atoms with E-state index in [-0.39, 0.29) is 30.1 Å². The second-order valence-electron chi connectivity index (χ2n) is 9.20. The fraction of sp³-hybridized carbons (Fsp3) is 0.370. The summed E-state index contributed by atoms with van der Waals surface area (Å²) in [5.74, 6) is -3.44. The van der Waals surface area contributed by atoms with E-state index in [0.717, 1.165) is 6.07 Å². The van der Waals surface area contributed by atoms with Crippen molar-refractivity contribution in [2.24, 2.45) is 0 Å². The number of fused-ring (bicyclic) bond motifs is 2. The molecule has 2 aromatic carbocycles. The first kappa shape index (κ1) is 26.8. The number of morpholine rings is 1. The first-order valence-corrected chi connectivity index (χ1v) is 12.1. The topological polar surface area (TPSA) is 90.4 Å². The van der Waals surface area contributed by atoms with Crippen LogP contribution in [0, 0.1) is 12.7 Å². The maximum absolute atomic E-state index is 14.4. The molecule has 3 heterocycles. The second kappa shape index (κ2) is 10.2. The van der Waals surface area contributed by atoms with Crippen LogP contribution < -0.4 is 4.90 Å². The van der Waals surface area contributed by atoms with Gasteiger partial charge in [0.25, 0.3) is 17.6 Å². The molecule has 1 unspecified atom stereocenters. The molecule has 0 aromatic heterocycles. The van der Waals surface area contributed by atoms with Gasteiger partial charge >= 0.3 is 0 Å². The lowest BCUT2D eigenvalue weighted by atomic mass is 9.82. The van der Waals surface area contributed by atoms with Gasteiger partial charge in [0, 0.05) is 43.9 Å². The van der Waals surface area contributed by atoms with Crippen LogP contribution in [0.25, 0.3) is 5.76 Å². The van der Waals surface area contributed by atoms with Gasteiger partial charge in [-0.3, -0.25) is 19.3 Å². The van der Waals surface area contributed by atoms with Gasteiger partial charge in [-0.2, -0.15) is 0 Å². The van der Waals surface area contributed by atoms with Crippen molar-refractivity contribution >= 4 is 41.5 Å². The van der Waals surface area contributed by atoms with Crippen LogP contribution in [0.1, 0.15) is 23.6 Å². The fourth-order valence-electron chi connectivity index (χ4n) is 5.43. The molecule has 5 rings (SSSR count). The van der Waals surface area contributed by atoms with E-state index in [9.17, 15) is 23.9 Å². The number of anilines is 1. The van der Waals surface area contributed by atoms with Gasteiger partial charge in [0.15, 0.2) is 5.54 Å². The van der Waals surface area contributed by atoms with E-state index < -0.39 is 34.7 Å². The molecule has 1 N–H and O–H groups in total. The first-order valence-electron chi connectivity index (χ1n) is 12.1. The zero-order valence-corrected chi connectivity index (χ0v) is 21.5. The van der Waals surface area contributed by atoms with Crippen LogP contribution in [0.3, 0.4) is 0 Å². The average Bonchev–Trinajstić information content (AvgIpc) is 3.27. The Labute approximate surface area is 220 Å². The van der Waals surface area contributed by atoms with E-state index in [1.165, 1.54) is 21.9 Å². The third-order valence-corrected chi connectivity index (χ3v) is 7.31. The molecule has 3 aliphatic heterocycles. The molecule has 0 aliphatic carbocycles. The number of benzene rings is 2. The molecule has 0 radical (unpaired) electrons. The molecule has 2 saturated heterocycles. The van der Waals surface area contributed by atoms with Gasteiger partial charge in [0.1, 0.15) is 11.6 Å². The number of Topliss-reactive ketones (excluding diaryl/α,β-unsaturated/α-hetero) is 1. The van der Waals surface area contributed by atoms with Gasteiger partial charge in [-0.05, 0) is 31.5 Å². The number of halogens is 2. The van der Waals surface area contributed by atoms with Crippen molar-refractivity contribution in [3.05, 3.63) is 70.5 Å². The fourth-order valence-corrected chi connectivity index (χ4v) is 5.43. The number of rotatable bonds is 5. The molecule has 2 amide bonds. The predicted octanol–water partition coefficient (Wildman–Crippen LogP) is 2.83. The number of hydrogen-bond acceptors (Lipinski definition) is 6. The van der Waals surface area contributed by atoms with Crippen LogP contribution in [-0.4, -0.2) is 78.4 Å². The highest BCUT2D eigenvalue weighted by Crippen LogP contribution is 2.53. The number of carbonyl (C=O) groups excluding carboxylic acids is 3. The highest BCUT2D eigenvalue weighted by molar-refractivity contribution is 6.50. The zero-order chi connectivity index (χ0) is 25.6. The van der Waals surface area contributed by atoms with Crippen molar-refractivity contribution in [1.29, 1.82) is 0 Å². The van der Waals surface area contributed by atoms with Crippen molar-refractivity contribution in [1.82, 2.24) is 9.80 Å². The molecule has 1 atom stereocenters. The Kier molecular flexibility index (Phi) is 7.41. The van der Waals surface area contributed by atoms with Gasteiger partial charge < -0.3 is 19.6 Å². The summed E-state index contributed by atoms with van der Waals surface area (Å²) in [7, 11) is 0. The summed E-state index contributed by atoms with van der Waals surface area (Å²) in [6.07, 6.45) is 0. The van der Waals surface area contributed by atoms with Crippen LogP contribution in [0.2, 0.25) is 0 Å². The lowest BCUT2D eigenvalue weighted by Crippen LogP contribution is -2.54. The van der Waals surface area contributed by atoms with Crippen LogP contribution >= 0.6 is 12.4 Å². The average molecular weight is 530 g/mol. The molecule has 196 valence electrons. The summed E-state index contributed by atoms with van der Waals surface area (Å²) in [5.41, 5.74) is -0.739. The van der Waals surface area contributed by atoms with Crippen LogP contribution in [0.15, 0.2) is 48.0 Å². The number of amides is 2. The zero-order valence-electron chi connectivity index (χ0n) is 20.7. The van der Waals surface area contributed by atoms with E-state index in [2.05, 4.69) is 4.90 Å². The number of aliphatic hydroxyl groups is 1. The second-order valence-corrected chi connectivity index (χ2v) is 9.20. The molecule has 8 nitrogen and oxygen atoms in total. The van der Waals surface area contributed by atoms with Gasteiger partial charge in [0.05, 0.1) is 24.5 Å². The number of ether oxygens (including phenoxy) is 1. The number of nitrogens with zero attached hydrogens (tertiary/aromatic N) is 3. The van der Waals surface area contributed by atoms with Crippen molar-refractivity contribution in [2.75, 3.05) is 50.8 Å². The Morgan fingerprint density at radius 2 is 1.78 bits per heavy atom. The lowest BCUT2D eigenvalue weighted by Gasteiger charge is -2.36. The van der Waals surface area contributed by atoms with Crippen LogP contribution in [-0.2, 0) is 24.7 Å². The van der Waals surface area contributed by atoms with Crippen LogP contribution in [0.5, 0.6) is 0 Å². The number of likely N-dealkylation sites (tertiary alicyclic amines) is 1. The maximum atomic E-state index is 14.4. The molecular weight excluding hydrogens is 501 g/mol. The van der Waals surface area contributed by atoms with Crippen molar-refractivity contribution in [3.63, 3.8) is 0 Å². The minimum atomic E-state index is -1.83. The van der Waals surface area contributed by atoms with Crippen molar-refractivity contribution < 1.29 is 28.6 Å². The molecule has 37 heavy (non-hydrogen) atoms. The quantitative estimate of drug-likeness (QED) is 0.364. The monoisotopic (exact) mass is 529 g/mol. The molecular formula is C27H29ClFN3O5. The third kappa shape index (κ3) is 4.02. The van der Waals surface area contributed by atoms with Crippen LogP contribution in [0.4, 0.5) is 10.1 Å². The number of aliphatic hydroxyl groups excluding tert-OH is 1. The lowest BCUT2D eigenvalue weighted by molar-refractivity contribution is -0.144. The molecule has 0 saturated carbocycles. The maximum Gasteiger partial charge on any atom is 0.296 e. The van der Waals surface area contributed by atoms with E-state index in [1.807, 2.05) is 6.92 Å². The van der Waals surface area contributed by atoms with Gasteiger partial charge in [-0.25, -0.2) is 4.39 Å². The van der Waals surface area contributed by atoms with E-state index in [0.29, 0.717) is 56.2 Å². The summed E-state index contributed by atoms with van der Waals surface area (Å²) in [5, 5.41) is 11.4. The van der Waals surface area contributed by atoms with Gasteiger partial charge in [-0.1, -0.05) is 30.3 Å². The Hall–Kier alpha value is -3.27. The third-order valence-electron chi connectivity index (χ3n) is 7.31. The van der Waals surface area contributed by atoms with Crippen molar-refractivity contribution in [2.45, 2.75) is 19.4 Å². The smallest absolute Gasteiger partial charge is 0.296 e. The summed E-state index contributed by atoms with van der Waals surface area (Å²) >= 11 is 0. The first-order chi connectivity index (χ1) is 17.3. The predicted molar refractivity (Wildman–Crippen MR) is 138 cm³/mol. The minimum absolute atomic E-state index is 0. The number of likely N-dealkylation sites (N-methyl/N-ethyl adjacent to an activating group) is 1. The molecule has 3 aliphatic rings. The van der Waals surface area contributed by atoms with Gasteiger partial charge in [-0.15, -0.1) is 12.4 Å². The number of hydrogen-bond donors (Lipinski definition) is 1. The van der Waals surface area contributed by atoms with Gasteiger partial charge in [0.2, 0.25) is 0 Å². The summed E-state index contributed by atoms with van der Waals surface area (Å²) < 4.78 is 19.8. The molecule has 0 bridgehead atoms. The SMILES string of the molecule is CCN1C(=O)C2(C(=C(O)c3ccc(C)c(F)c3)C(=O)C(=O)N2CCN2CCOCC2)c2ccccc21.Cl. The number of aryl methyl sites for hydroxylation is 1. The standard InChI is InChI=1S/C27H28FN3O5.ClH/c1-3-30-21-7-5-4-6-19(21)27(26(30)35)22(23(32)18-9-8-17(2)20(28)16-18)24(33)25(34)31(27)11-10-29-12-14-36-15-13-29;/h4-9,16,32H,3,10-15H2,1-2H3;1H. The summed E-state index contributed by atoms with van der Waals surface area (Å²) in [4.78, 5) is 46.1. The molecule has 2 aromatic rings.